The largest absolute Gasteiger partial charge is 0.388 e. The normalized spacial score (nSPS) is 15.0. The maximum Gasteiger partial charge on any atom is 0.0841 e. The summed E-state index contributed by atoms with van der Waals surface area (Å²) in [5, 5.41) is 11.0. The van der Waals surface area contributed by atoms with Gasteiger partial charge in [-0.3, -0.25) is 0 Å². The van der Waals surface area contributed by atoms with E-state index in [-0.39, 0.29) is 5.92 Å². The molecule has 2 nitrogen and oxygen atoms in total. The van der Waals surface area contributed by atoms with Gasteiger partial charge in [-0.25, -0.2) is 0 Å². The van der Waals surface area contributed by atoms with Crippen LogP contribution in [0.15, 0.2) is 22.7 Å². The van der Waals surface area contributed by atoms with Gasteiger partial charge in [0.05, 0.1) is 6.10 Å². The van der Waals surface area contributed by atoms with Crippen LogP contribution in [0.2, 0.25) is 5.02 Å². The molecule has 4 heteroatoms. The maximum absolute atomic E-state index is 10.3. The van der Waals surface area contributed by atoms with Crippen molar-refractivity contribution in [2.45, 2.75) is 26.4 Å². The van der Waals surface area contributed by atoms with Crippen molar-refractivity contribution in [3.05, 3.63) is 33.3 Å². The van der Waals surface area contributed by atoms with Crippen LogP contribution in [-0.2, 0) is 0 Å². The van der Waals surface area contributed by atoms with Gasteiger partial charge in [-0.1, -0.05) is 47.4 Å². The summed E-state index contributed by atoms with van der Waals surface area (Å²) in [5.74, 6) is 0.594. The van der Waals surface area contributed by atoms with Crippen LogP contribution in [0.5, 0.6) is 0 Å². The molecule has 2 atom stereocenters. The van der Waals surface area contributed by atoms with Crippen molar-refractivity contribution in [3.8, 4) is 0 Å². The Hall–Kier alpha value is -0.0900. The third-order valence-corrected chi connectivity index (χ3v) is 3.73. The van der Waals surface area contributed by atoms with E-state index in [9.17, 15) is 5.11 Å². The summed E-state index contributed by atoms with van der Waals surface area (Å²) in [5.41, 5.74) is 6.59. The number of nitrogens with two attached hydrogens (primary N) is 1. The zero-order chi connectivity index (χ0) is 13.0. The molecule has 0 heterocycles. The quantitative estimate of drug-likeness (QED) is 0.868. The molecule has 96 valence electrons. The van der Waals surface area contributed by atoms with Gasteiger partial charge in [0, 0.05) is 15.4 Å². The van der Waals surface area contributed by atoms with Gasteiger partial charge >= 0.3 is 0 Å². The average molecular weight is 321 g/mol. The molecule has 0 amide bonds. The summed E-state index contributed by atoms with van der Waals surface area (Å²) >= 11 is 9.31. The van der Waals surface area contributed by atoms with Gasteiger partial charge in [-0.05, 0) is 36.6 Å². The second-order valence-corrected chi connectivity index (χ2v) is 6.03. The van der Waals surface area contributed by atoms with E-state index in [0.717, 1.165) is 16.5 Å². The highest BCUT2D eigenvalue weighted by Gasteiger charge is 2.22. The van der Waals surface area contributed by atoms with Crippen molar-refractivity contribution in [1.29, 1.82) is 0 Å². The molecule has 1 rings (SSSR count). The first-order chi connectivity index (χ1) is 7.95. The van der Waals surface area contributed by atoms with Crippen LogP contribution in [0.1, 0.15) is 31.9 Å². The number of aliphatic hydroxyl groups is 1. The molecule has 0 saturated heterocycles. The summed E-state index contributed by atoms with van der Waals surface area (Å²) in [7, 11) is 0. The van der Waals surface area contributed by atoms with Crippen LogP contribution >= 0.6 is 27.5 Å². The second kappa shape index (κ2) is 6.74. The molecule has 2 unspecified atom stereocenters. The van der Waals surface area contributed by atoms with Gasteiger partial charge in [-0.15, -0.1) is 0 Å². The molecule has 0 aliphatic heterocycles. The highest BCUT2D eigenvalue weighted by atomic mass is 79.9. The Bertz CT molecular complexity index is 370. The van der Waals surface area contributed by atoms with Crippen LogP contribution in [0.4, 0.5) is 0 Å². The molecule has 0 radical (unpaired) electrons. The lowest BCUT2D eigenvalue weighted by Gasteiger charge is -2.24. The number of benzene rings is 1. The average Bonchev–Trinajstić information content (AvgIpc) is 2.24. The molecule has 0 aliphatic carbocycles. The number of hydrogen-bond acceptors (Lipinski definition) is 2. The lowest BCUT2D eigenvalue weighted by atomic mass is 9.88. The van der Waals surface area contributed by atoms with Gasteiger partial charge in [0.2, 0.25) is 0 Å². The van der Waals surface area contributed by atoms with Gasteiger partial charge in [0.15, 0.2) is 0 Å². The van der Waals surface area contributed by atoms with E-state index in [1.54, 1.807) is 12.1 Å². The Morgan fingerprint density at radius 1 is 1.41 bits per heavy atom. The molecule has 0 fully saturated rings. The third-order valence-electron chi connectivity index (χ3n) is 2.80. The molecular formula is C13H19BrClNO. The van der Waals surface area contributed by atoms with E-state index in [4.69, 9.17) is 17.3 Å². The predicted molar refractivity (Wildman–Crippen MR) is 76.1 cm³/mol. The number of rotatable bonds is 5. The number of aliphatic hydroxyl groups excluding tert-OH is 1. The molecule has 1 aromatic carbocycles. The minimum atomic E-state index is -0.547. The molecular weight excluding hydrogens is 302 g/mol. The minimum Gasteiger partial charge on any atom is -0.388 e. The summed E-state index contributed by atoms with van der Waals surface area (Å²) in [6.07, 6.45) is 0.362. The molecule has 0 aliphatic rings. The van der Waals surface area contributed by atoms with E-state index < -0.39 is 6.10 Å². The molecule has 0 spiro atoms. The van der Waals surface area contributed by atoms with E-state index in [2.05, 4.69) is 29.8 Å². The van der Waals surface area contributed by atoms with Crippen LogP contribution < -0.4 is 5.73 Å². The Kier molecular flexibility index (Phi) is 5.93. The second-order valence-electron chi connectivity index (χ2n) is 4.74. The Labute approximate surface area is 116 Å². The Morgan fingerprint density at radius 3 is 2.53 bits per heavy atom. The van der Waals surface area contributed by atoms with Crippen molar-refractivity contribution in [3.63, 3.8) is 0 Å². The number of hydrogen-bond donors (Lipinski definition) is 2. The highest BCUT2D eigenvalue weighted by Crippen LogP contribution is 2.33. The summed E-state index contributed by atoms with van der Waals surface area (Å²) in [4.78, 5) is 0. The Morgan fingerprint density at radius 2 is 2.06 bits per heavy atom. The van der Waals surface area contributed by atoms with Gasteiger partial charge < -0.3 is 10.8 Å². The first-order valence-corrected chi connectivity index (χ1v) is 6.95. The van der Waals surface area contributed by atoms with Crippen LogP contribution in [0.25, 0.3) is 0 Å². The van der Waals surface area contributed by atoms with Crippen molar-refractivity contribution < 1.29 is 5.11 Å². The lowest BCUT2D eigenvalue weighted by Crippen LogP contribution is -2.23. The van der Waals surface area contributed by atoms with Crippen LogP contribution in [0, 0.1) is 11.8 Å². The summed E-state index contributed by atoms with van der Waals surface area (Å²) in [6.45, 7) is 4.74. The fourth-order valence-electron chi connectivity index (χ4n) is 1.95. The maximum atomic E-state index is 10.3. The molecule has 0 saturated carbocycles. The van der Waals surface area contributed by atoms with Crippen molar-refractivity contribution >= 4 is 27.5 Å². The van der Waals surface area contributed by atoms with E-state index >= 15 is 0 Å². The predicted octanol–water partition coefficient (Wildman–Crippen LogP) is 3.76. The standard InChI is InChI=1S/C13H19BrClNO/c1-8(2)5-9(7-16)13(17)11-4-3-10(15)6-12(11)14/h3-4,6,8-9,13,17H,5,7,16H2,1-2H3. The zero-order valence-corrected chi connectivity index (χ0v) is 12.5. The van der Waals surface area contributed by atoms with Crippen molar-refractivity contribution in [2.24, 2.45) is 17.6 Å². The number of halogens is 2. The summed E-state index contributed by atoms with van der Waals surface area (Å²) < 4.78 is 0.833. The first-order valence-electron chi connectivity index (χ1n) is 5.78. The van der Waals surface area contributed by atoms with Gasteiger partial charge in [-0.2, -0.15) is 0 Å². The van der Waals surface area contributed by atoms with E-state index in [1.807, 2.05) is 6.07 Å². The first kappa shape index (κ1) is 15.0. The monoisotopic (exact) mass is 319 g/mol. The molecule has 3 N–H and O–H groups in total. The molecule has 0 bridgehead atoms. The molecule has 17 heavy (non-hydrogen) atoms. The minimum absolute atomic E-state index is 0.0764. The topological polar surface area (TPSA) is 46.2 Å². The zero-order valence-electron chi connectivity index (χ0n) is 10.2. The lowest BCUT2D eigenvalue weighted by molar-refractivity contribution is 0.0988. The highest BCUT2D eigenvalue weighted by molar-refractivity contribution is 9.10. The molecule has 1 aromatic rings. The van der Waals surface area contributed by atoms with Crippen molar-refractivity contribution in [2.75, 3.05) is 6.54 Å². The van der Waals surface area contributed by atoms with Crippen LogP contribution in [-0.4, -0.2) is 11.7 Å². The van der Waals surface area contributed by atoms with Gasteiger partial charge in [0.25, 0.3) is 0 Å². The van der Waals surface area contributed by atoms with Crippen molar-refractivity contribution in [1.82, 2.24) is 0 Å². The Balaban J connectivity index is 2.89. The summed E-state index contributed by atoms with van der Waals surface area (Å²) in [6, 6.07) is 5.43. The third kappa shape index (κ3) is 4.25. The van der Waals surface area contributed by atoms with Gasteiger partial charge in [0.1, 0.15) is 0 Å². The fourth-order valence-corrected chi connectivity index (χ4v) is 2.87. The SMILES string of the molecule is CC(C)CC(CN)C(O)c1ccc(Cl)cc1Br. The van der Waals surface area contributed by atoms with E-state index in [1.165, 1.54) is 0 Å². The smallest absolute Gasteiger partial charge is 0.0841 e. The van der Waals surface area contributed by atoms with Crippen LogP contribution in [0.3, 0.4) is 0 Å². The fraction of sp³-hybridized carbons (Fsp3) is 0.538. The molecule has 0 aromatic heterocycles. The van der Waals surface area contributed by atoms with E-state index in [0.29, 0.717) is 17.5 Å².